The molecule has 0 fully saturated rings. The van der Waals surface area contributed by atoms with Crippen molar-refractivity contribution in [2.75, 3.05) is 26.9 Å². The molecule has 4 heteroatoms. The molecule has 0 spiro atoms. The van der Waals surface area contributed by atoms with E-state index in [1.54, 1.807) is 7.11 Å². The quantitative estimate of drug-likeness (QED) is 0.454. The maximum Gasteiger partial charge on any atom is 0.331 e. The van der Waals surface area contributed by atoms with E-state index < -0.39 is 8.56 Å². The Bertz CT molecular complexity index is 106. The van der Waals surface area contributed by atoms with Gasteiger partial charge in [0.25, 0.3) is 0 Å². The molecular formula is C8H20O3Si. The van der Waals surface area contributed by atoms with Crippen molar-refractivity contribution in [2.45, 2.75) is 26.4 Å². The van der Waals surface area contributed by atoms with E-state index in [0.29, 0.717) is 0 Å². The van der Waals surface area contributed by atoms with Crippen LogP contribution in [0.25, 0.3) is 0 Å². The van der Waals surface area contributed by atoms with Crippen molar-refractivity contribution in [1.29, 1.82) is 0 Å². The second kappa shape index (κ2) is 6.60. The Balaban J connectivity index is 3.19. The smallest absolute Gasteiger partial charge is 0.331 e. The van der Waals surface area contributed by atoms with Crippen LogP contribution in [0.5, 0.6) is 0 Å². The highest BCUT2D eigenvalue weighted by Gasteiger charge is 2.21. The fourth-order valence-corrected chi connectivity index (χ4v) is 1.44. The first kappa shape index (κ1) is 12.1. The standard InChI is InChI=1S/C8H20O3Si/c1-5-10-7-6-8-11-12(3,4)9-2/h5-8H2,1-4H3. The Hall–Kier alpha value is 0.0969. The van der Waals surface area contributed by atoms with Gasteiger partial charge in [-0.25, -0.2) is 0 Å². The summed E-state index contributed by atoms with van der Waals surface area (Å²) in [6, 6.07) is 0. The average Bonchev–Trinajstić information content (AvgIpc) is 2.04. The minimum atomic E-state index is -1.79. The molecule has 0 aromatic carbocycles. The Kier molecular flexibility index (Phi) is 6.65. The zero-order chi connectivity index (χ0) is 9.45. The number of rotatable bonds is 7. The van der Waals surface area contributed by atoms with E-state index in [9.17, 15) is 0 Å². The van der Waals surface area contributed by atoms with Gasteiger partial charge in [0, 0.05) is 26.9 Å². The predicted molar refractivity (Wildman–Crippen MR) is 51.6 cm³/mol. The van der Waals surface area contributed by atoms with Crippen LogP contribution in [0.3, 0.4) is 0 Å². The SMILES string of the molecule is CCOCCCO[Si](C)(C)OC. The molecule has 0 aliphatic heterocycles. The van der Waals surface area contributed by atoms with Crippen molar-refractivity contribution in [3.8, 4) is 0 Å². The molecule has 0 aliphatic carbocycles. The van der Waals surface area contributed by atoms with E-state index in [1.807, 2.05) is 20.0 Å². The molecule has 74 valence electrons. The molecule has 0 atom stereocenters. The Morgan fingerprint density at radius 2 is 1.83 bits per heavy atom. The van der Waals surface area contributed by atoms with Crippen LogP contribution >= 0.6 is 0 Å². The summed E-state index contributed by atoms with van der Waals surface area (Å²) in [6.45, 7) is 8.37. The maximum absolute atomic E-state index is 5.56. The monoisotopic (exact) mass is 192 g/mol. The minimum Gasteiger partial charge on any atom is -0.398 e. The second-order valence-electron chi connectivity index (χ2n) is 3.00. The zero-order valence-electron chi connectivity index (χ0n) is 8.55. The molecule has 0 saturated heterocycles. The Morgan fingerprint density at radius 1 is 1.17 bits per heavy atom. The van der Waals surface area contributed by atoms with Gasteiger partial charge in [-0.3, -0.25) is 0 Å². The van der Waals surface area contributed by atoms with Gasteiger partial charge in [-0.15, -0.1) is 0 Å². The lowest BCUT2D eigenvalue weighted by atomic mass is 10.5. The van der Waals surface area contributed by atoms with E-state index in [2.05, 4.69) is 0 Å². The van der Waals surface area contributed by atoms with Crippen molar-refractivity contribution in [1.82, 2.24) is 0 Å². The van der Waals surface area contributed by atoms with E-state index >= 15 is 0 Å². The Morgan fingerprint density at radius 3 is 2.33 bits per heavy atom. The predicted octanol–water partition coefficient (Wildman–Crippen LogP) is 1.78. The summed E-state index contributed by atoms with van der Waals surface area (Å²) in [5.74, 6) is 0. The number of hydrogen-bond acceptors (Lipinski definition) is 3. The molecule has 0 aromatic rings. The lowest BCUT2D eigenvalue weighted by molar-refractivity contribution is 0.121. The third-order valence-corrected chi connectivity index (χ3v) is 3.46. The maximum atomic E-state index is 5.56. The van der Waals surface area contributed by atoms with Crippen LogP contribution in [0.4, 0.5) is 0 Å². The highest BCUT2D eigenvalue weighted by atomic mass is 28.4. The van der Waals surface area contributed by atoms with Gasteiger partial charge in [-0.05, 0) is 26.4 Å². The first-order valence-corrected chi connectivity index (χ1v) is 7.21. The average molecular weight is 192 g/mol. The third kappa shape index (κ3) is 6.79. The van der Waals surface area contributed by atoms with E-state index in [4.69, 9.17) is 13.6 Å². The van der Waals surface area contributed by atoms with Gasteiger partial charge in [-0.1, -0.05) is 0 Å². The van der Waals surface area contributed by atoms with Crippen LogP contribution in [-0.2, 0) is 13.6 Å². The van der Waals surface area contributed by atoms with E-state index in [-0.39, 0.29) is 0 Å². The molecular weight excluding hydrogens is 172 g/mol. The Labute approximate surface area is 76.3 Å². The van der Waals surface area contributed by atoms with Crippen molar-refractivity contribution >= 4 is 8.56 Å². The molecule has 0 aliphatic rings. The molecule has 0 rings (SSSR count). The van der Waals surface area contributed by atoms with Crippen molar-refractivity contribution in [3.05, 3.63) is 0 Å². The zero-order valence-corrected chi connectivity index (χ0v) is 9.55. The summed E-state index contributed by atoms with van der Waals surface area (Å²) in [7, 11) is -0.0899. The van der Waals surface area contributed by atoms with Crippen molar-refractivity contribution < 1.29 is 13.6 Å². The summed E-state index contributed by atoms with van der Waals surface area (Å²) < 4.78 is 16.0. The number of ether oxygens (including phenoxy) is 1. The van der Waals surface area contributed by atoms with Crippen LogP contribution in [0.15, 0.2) is 0 Å². The highest BCUT2D eigenvalue weighted by molar-refractivity contribution is 6.64. The molecule has 0 bridgehead atoms. The van der Waals surface area contributed by atoms with Crippen molar-refractivity contribution in [3.63, 3.8) is 0 Å². The molecule has 0 radical (unpaired) electrons. The van der Waals surface area contributed by atoms with Gasteiger partial charge in [0.2, 0.25) is 0 Å². The highest BCUT2D eigenvalue weighted by Crippen LogP contribution is 2.04. The van der Waals surface area contributed by atoms with Crippen LogP contribution < -0.4 is 0 Å². The minimum absolute atomic E-state index is 0.743. The van der Waals surface area contributed by atoms with E-state index in [0.717, 1.165) is 26.2 Å². The van der Waals surface area contributed by atoms with Gasteiger partial charge in [0.05, 0.1) is 0 Å². The molecule has 12 heavy (non-hydrogen) atoms. The first-order chi connectivity index (χ1) is 5.62. The molecule has 0 saturated carbocycles. The molecule has 0 unspecified atom stereocenters. The van der Waals surface area contributed by atoms with Gasteiger partial charge in [0.15, 0.2) is 0 Å². The lowest BCUT2D eigenvalue weighted by Gasteiger charge is -2.19. The van der Waals surface area contributed by atoms with Gasteiger partial charge >= 0.3 is 8.56 Å². The fraction of sp³-hybridized carbons (Fsp3) is 1.00. The fourth-order valence-electron chi connectivity index (χ4n) is 0.682. The summed E-state index contributed by atoms with van der Waals surface area (Å²) in [4.78, 5) is 0. The van der Waals surface area contributed by atoms with Gasteiger partial charge in [0.1, 0.15) is 0 Å². The molecule has 0 heterocycles. The molecule has 0 aromatic heterocycles. The third-order valence-electron chi connectivity index (χ3n) is 1.58. The van der Waals surface area contributed by atoms with Crippen molar-refractivity contribution in [2.24, 2.45) is 0 Å². The number of hydrogen-bond donors (Lipinski definition) is 0. The molecule has 3 nitrogen and oxygen atoms in total. The summed E-state index contributed by atoms with van der Waals surface area (Å²) >= 11 is 0. The largest absolute Gasteiger partial charge is 0.398 e. The van der Waals surface area contributed by atoms with Crippen LogP contribution in [-0.4, -0.2) is 35.5 Å². The summed E-state index contributed by atoms with van der Waals surface area (Å²) in [6.07, 6.45) is 0.952. The van der Waals surface area contributed by atoms with E-state index in [1.165, 1.54) is 0 Å². The summed E-state index contributed by atoms with van der Waals surface area (Å²) in [5, 5.41) is 0. The second-order valence-corrected chi connectivity index (χ2v) is 6.50. The topological polar surface area (TPSA) is 27.7 Å². The van der Waals surface area contributed by atoms with Crippen LogP contribution in [0.1, 0.15) is 13.3 Å². The lowest BCUT2D eigenvalue weighted by Crippen LogP contribution is -2.33. The van der Waals surface area contributed by atoms with Crippen LogP contribution in [0, 0.1) is 0 Å². The molecule has 0 amide bonds. The normalized spacial score (nSPS) is 12.0. The van der Waals surface area contributed by atoms with Gasteiger partial charge < -0.3 is 13.6 Å². The first-order valence-electron chi connectivity index (χ1n) is 4.39. The summed E-state index contributed by atoms with van der Waals surface area (Å²) in [5.41, 5.74) is 0. The van der Waals surface area contributed by atoms with Gasteiger partial charge in [-0.2, -0.15) is 0 Å². The molecule has 0 N–H and O–H groups in total. The van der Waals surface area contributed by atoms with Crippen LogP contribution in [0.2, 0.25) is 13.1 Å².